The van der Waals surface area contributed by atoms with Gasteiger partial charge in [-0.15, -0.1) is 0 Å². The van der Waals surface area contributed by atoms with Crippen molar-refractivity contribution in [3.63, 3.8) is 0 Å². The first-order chi connectivity index (χ1) is 5.97. The van der Waals surface area contributed by atoms with Gasteiger partial charge in [0.25, 0.3) is 0 Å². The van der Waals surface area contributed by atoms with Crippen LogP contribution in [0.1, 0.15) is 0 Å². The molecule has 0 aromatic heterocycles. The second-order valence-electron chi connectivity index (χ2n) is 2.62. The number of carbonyl (C=O) groups is 6. The molecule has 0 aromatic carbocycles. The van der Waals surface area contributed by atoms with Crippen molar-refractivity contribution < 1.29 is 42.3 Å². The Morgan fingerprint density at radius 3 is 0.615 bits per heavy atom. The minimum atomic E-state index is -6.63. The predicted molar refractivity (Wildman–Crippen MR) is 40.5 cm³/mol. The van der Waals surface area contributed by atoms with Gasteiger partial charge in [-0.2, -0.15) is 0 Å². The Labute approximate surface area is 70.8 Å². The maximum absolute atomic E-state index is 10.6. The second-order valence-corrected chi connectivity index (χ2v) is 15.5. The summed E-state index contributed by atoms with van der Waals surface area (Å²) in [5.74, 6) is 0. The molecule has 72 valence electrons. The summed E-state index contributed by atoms with van der Waals surface area (Å²) < 4.78 is -2.36. The van der Waals surface area contributed by atoms with Crippen molar-refractivity contribution in [2.75, 3.05) is 0 Å². The van der Waals surface area contributed by atoms with Crippen molar-refractivity contribution in [2.45, 2.75) is 0 Å². The van der Waals surface area contributed by atoms with Crippen LogP contribution in [0.15, 0.2) is 0 Å². The molecule has 7 heteroatoms. The van der Waals surface area contributed by atoms with E-state index < -0.39 is 41.6 Å². The first-order valence-electron chi connectivity index (χ1n) is 2.83. The van der Waals surface area contributed by atoms with Gasteiger partial charge in [0.2, 0.25) is 0 Å². The molecule has 0 aromatic rings. The Bertz CT molecular complexity index is 233. The standard InChI is InChI=1S/6CHO.Mo/c6*1-2;/h6*1H;. The third-order valence-corrected chi connectivity index (χ3v) is 9.86. The van der Waals surface area contributed by atoms with Crippen LogP contribution in [0.25, 0.3) is 0 Å². The van der Waals surface area contributed by atoms with E-state index in [4.69, 9.17) is 0 Å². The fourth-order valence-corrected chi connectivity index (χ4v) is 2.01. The van der Waals surface area contributed by atoms with Crippen LogP contribution < -0.4 is 0 Å². The van der Waals surface area contributed by atoms with Crippen LogP contribution in [-0.4, -0.2) is 28.1 Å². The normalized spacial score (nSPS) is 15.7. The summed E-state index contributed by atoms with van der Waals surface area (Å²) in [6.45, 7) is 0. The number of hydrogen-bond donors (Lipinski definition) is 0. The Kier molecular flexibility index (Phi) is 2.34. The molecule has 0 radical (unpaired) electrons. The molecule has 0 rings (SSSR count). The first kappa shape index (κ1) is 11.7. The van der Waals surface area contributed by atoms with Crippen molar-refractivity contribution >= 4 is 28.1 Å². The van der Waals surface area contributed by atoms with E-state index in [0.29, 0.717) is 0 Å². The van der Waals surface area contributed by atoms with E-state index in [1.54, 1.807) is 0 Å². The summed E-state index contributed by atoms with van der Waals surface area (Å²) in [4.78, 5) is 63.3. The molecule has 0 fully saturated rings. The molecule has 0 aliphatic heterocycles. The third-order valence-electron chi connectivity index (χ3n) is 1.67. The van der Waals surface area contributed by atoms with E-state index in [2.05, 4.69) is 0 Å². The quantitative estimate of drug-likeness (QED) is 0.423. The summed E-state index contributed by atoms with van der Waals surface area (Å²) in [6.07, 6.45) is 0. The zero-order chi connectivity index (χ0) is 10.7. The van der Waals surface area contributed by atoms with Gasteiger partial charge in [-0.1, -0.05) is 0 Å². The fourth-order valence-electron chi connectivity index (χ4n) is 0.340. The van der Waals surface area contributed by atoms with Gasteiger partial charge in [-0.25, -0.2) is 0 Å². The van der Waals surface area contributed by atoms with Gasteiger partial charge in [0.1, 0.15) is 0 Å². The summed E-state index contributed by atoms with van der Waals surface area (Å²) in [5, 5.41) is 0. The average Bonchev–Trinajstić information content (AvgIpc) is 2.26. The van der Waals surface area contributed by atoms with Gasteiger partial charge in [-0.3, -0.25) is 0 Å². The topological polar surface area (TPSA) is 102 Å². The predicted octanol–water partition coefficient (Wildman–Crippen LogP) is -1.65. The Morgan fingerprint density at radius 1 is 0.462 bits per heavy atom. The summed E-state index contributed by atoms with van der Waals surface area (Å²) >= 11 is -6.63. The zero-order valence-electron chi connectivity index (χ0n) is 6.32. The molecule has 0 amide bonds. The van der Waals surface area contributed by atoms with Gasteiger partial charge in [0.15, 0.2) is 0 Å². The minimum absolute atomic E-state index is 0.394. The van der Waals surface area contributed by atoms with Crippen LogP contribution in [0.5, 0.6) is 0 Å². The average molecular weight is 270 g/mol. The summed E-state index contributed by atoms with van der Waals surface area (Å²) in [5.41, 5.74) is 0. The molecule has 0 unspecified atom stereocenters. The van der Waals surface area contributed by atoms with Gasteiger partial charge in [0.05, 0.1) is 0 Å². The fraction of sp³-hybridized carbons (Fsp3) is 0. The molecule has 0 atom stereocenters. The molecular formula is C6H6MoO6. The molecule has 0 aliphatic rings. The van der Waals surface area contributed by atoms with E-state index in [-0.39, 0.29) is 0 Å². The zero-order valence-corrected chi connectivity index (χ0v) is 8.33. The molecule has 0 aliphatic carbocycles. The van der Waals surface area contributed by atoms with E-state index in [1.165, 1.54) is 0 Å². The first-order valence-corrected chi connectivity index (χ1v) is 9.78. The molecule has 0 saturated carbocycles. The Morgan fingerprint density at radius 2 is 0.615 bits per heavy atom. The number of hydrogen-bond acceptors (Lipinski definition) is 6. The SMILES string of the molecule is O=[CH][Mo]([CH]=O)([CH]=O)([CH]=O)([CH]=O)[CH]=O. The second kappa shape index (κ2) is 2.60. The number of rotatable bonds is 6. The molecule has 0 heterocycles. The van der Waals surface area contributed by atoms with Crippen LogP contribution in [0.3, 0.4) is 0 Å². The van der Waals surface area contributed by atoms with E-state index >= 15 is 0 Å². The van der Waals surface area contributed by atoms with Crippen LogP contribution in [-0.2, 0) is 42.3 Å². The summed E-state index contributed by atoms with van der Waals surface area (Å²) in [7, 11) is 0. The van der Waals surface area contributed by atoms with Crippen LogP contribution in [0, 0.1) is 0 Å². The summed E-state index contributed by atoms with van der Waals surface area (Å²) in [6, 6.07) is 0. The van der Waals surface area contributed by atoms with Crippen LogP contribution in [0.4, 0.5) is 0 Å². The van der Waals surface area contributed by atoms with Crippen molar-refractivity contribution in [3.05, 3.63) is 0 Å². The molecule has 13 heavy (non-hydrogen) atoms. The van der Waals surface area contributed by atoms with Crippen molar-refractivity contribution in [1.29, 1.82) is 0 Å². The molecular weight excluding hydrogens is 264 g/mol. The Hall–Kier alpha value is -1.29. The molecule has 0 spiro atoms. The molecule has 0 N–H and O–H groups in total. The molecule has 0 saturated heterocycles. The Balaban J connectivity index is 6.50. The van der Waals surface area contributed by atoms with Crippen LogP contribution in [0.2, 0.25) is 0 Å². The van der Waals surface area contributed by atoms with Gasteiger partial charge >= 0.3 is 70.4 Å². The van der Waals surface area contributed by atoms with Crippen molar-refractivity contribution in [2.24, 2.45) is 0 Å². The van der Waals surface area contributed by atoms with Crippen molar-refractivity contribution in [1.82, 2.24) is 0 Å². The molecule has 6 nitrogen and oxygen atoms in total. The molecule has 0 bridgehead atoms. The number of carbonyl (C=O) groups excluding carboxylic acids is 6. The van der Waals surface area contributed by atoms with Crippen LogP contribution >= 0.6 is 0 Å². The van der Waals surface area contributed by atoms with Gasteiger partial charge in [-0.05, 0) is 0 Å². The monoisotopic (exact) mass is 272 g/mol. The van der Waals surface area contributed by atoms with Gasteiger partial charge < -0.3 is 0 Å². The third kappa shape index (κ3) is 0.985. The van der Waals surface area contributed by atoms with Gasteiger partial charge in [0, 0.05) is 0 Å². The van der Waals surface area contributed by atoms with Crippen molar-refractivity contribution in [3.8, 4) is 0 Å². The maximum atomic E-state index is 10.6. The van der Waals surface area contributed by atoms with E-state index in [1.807, 2.05) is 0 Å². The van der Waals surface area contributed by atoms with E-state index in [9.17, 15) is 28.8 Å². The van der Waals surface area contributed by atoms with E-state index in [0.717, 1.165) is 0 Å².